The molecule has 0 spiro atoms. The van der Waals surface area contributed by atoms with Gasteiger partial charge in [-0.1, -0.05) is 13.8 Å². The normalized spacial score (nSPS) is 12.8. The molecule has 0 rings (SSSR count). The highest BCUT2D eigenvalue weighted by Gasteiger charge is 2.13. The smallest absolute Gasteiger partial charge is 0.215 e. The average Bonchev–Trinajstić information content (AvgIpc) is 1.84. The zero-order valence-corrected chi connectivity index (χ0v) is 8.90. The first kappa shape index (κ1) is 12.2. The van der Waals surface area contributed by atoms with Gasteiger partial charge in [-0.3, -0.25) is 0 Å². The second-order valence-corrected chi connectivity index (χ2v) is 5.17. The van der Waals surface area contributed by atoms with E-state index in [0.29, 0.717) is 9.74 Å². The second-order valence-electron chi connectivity index (χ2n) is 3.09. The van der Waals surface area contributed by atoms with Crippen molar-refractivity contribution in [2.24, 2.45) is 11.1 Å². The summed E-state index contributed by atoms with van der Waals surface area (Å²) in [5.74, 6) is 0.551. The van der Waals surface area contributed by atoms with Crippen LogP contribution in [0.1, 0.15) is 26.7 Å². The van der Waals surface area contributed by atoms with Gasteiger partial charge in [0, 0.05) is 6.54 Å². The van der Waals surface area contributed by atoms with Crippen molar-refractivity contribution in [3.05, 3.63) is 0 Å². The fourth-order valence-electron chi connectivity index (χ4n) is 0.751. The van der Waals surface area contributed by atoms with Gasteiger partial charge in [-0.15, -0.1) is 3.82 Å². The molecule has 0 aliphatic carbocycles. The van der Waals surface area contributed by atoms with Gasteiger partial charge in [0.05, 0.1) is 0 Å². The molecule has 0 aromatic rings. The van der Waals surface area contributed by atoms with Crippen LogP contribution in [0.25, 0.3) is 0 Å². The van der Waals surface area contributed by atoms with E-state index in [1.54, 1.807) is 0 Å². The Kier molecular flexibility index (Phi) is 5.08. The van der Waals surface area contributed by atoms with Crippen molar-refractivity contribution < 1.29 is 8.42 Å². The number of nitrogens with zero attached hydrogens (tertiary/aromatic N) is 1. The van der Waals surface area contributed by atoms with Crippen LogP contribution in [0.5, 0.6) is 0 Å². The Morgan fingerprint density at radius 3 is 2.33 bits per heavy atom. The van der Waals surface area contributed by atoms with E-state index in [1.807, 2.05) is 0 Å². The molecule has 0 unspecified atom stereocenters. The topological polar surface area (TPSA) is 63.4 Å². The molecule has 0 fully saturated rings. The molecule has 2 N–H and O–H groups in total. The third-order valence-electron chi connectivity index (χ3n) is 1.39. The molecule has 0 aromatic heterocycles. The van der Waals surface area contributed by atoms with Gasteiger partial charge in [-0.05, 0) is 30.5 Å². The minimum Gasteiger partial charge on any atom is -0.215 e. The molecule has 0 aliphatic rings. The van der Waals surface area contributed by atoms with Crippen LogP contribution >= 0.6 is 11.8 Å². The van der Waals surface area contributed by atoms with Crippen LogP contribution in [-0.4, -0.2) is 18.8 Å². The van der Waals surface area contributed by atoms with Crippen LogP contribution in [0.3, 0.4) is 0 Å². The average molecular weight is 215 g/mol. The van der Waals surface area contributed by atoms with Gasteiger partial charge in [0.25, 0.3) is 10.2 Å². The summed E-state index contributed by atoms with van der Waals surface area (Å²) in [6.07, 6.45) is 1.68. The maximum Gasteiger partial charge on any atom is 0.290 e. The first-order valence-corrected chi connectivity index (χ1v) is 5.64. The lowest BCUT2D eigenvalue weighted by molar-refractivity contribution is 0.491. The second kappa shape index (κ2) is 5.01. The summed E-state index contributed by atoms with van der Waals surface area (Å²) in [7, 11) is -3.70. The van der Waals surface area contributed by atoms with Crippen LogP contribution in [0.15, 0.2) is 0 Å². The van der Waals surface area contributed by atoms with Crippen LogP contribution < -0.4 is 5.14 Å². The van der Waals surface area contributed by atoms with E-state index in [9.17, 15) is 8.42 Å². The Labute approximate surface area is 79.0 Å². The van der Waals surface area contributed by atoms with Gasteiger partial charge in [0.1, 0.15) is 0 Å². The largest absolute Gasteiger partial charge is 0.290 e. The number of hydrogen-bond donors (Lipinski definition) is 1. The van der Waals surface area contributed by atoms with Crippen molar-refractivity contribution in [3.8, 4) is 0 Å². The molecule has 0 bridgehead atoms. The van der Waals surface area contributed by atoms with Gasteiger partial charge in [0.15, 0.2) is 0 Å². The molecular weight excluding hydrogens is 200 g/mol. The molecule has 4 nitrogen and oxygen atoms in total. The maximum absolute atomic E-state index is 10.6. The van der Waals surface area contributed by atoms with Crippen LogP contribution in [0, 0.1) is 5.92 Å². The monoisotopic (exact) mass is 214 g/mol. The Morgan fingerprint density at radius 1 is 1.50 bits per heavy atom. The van der Waals surface area contributed by atoms with Crippen LogP contribution in [0.4, 0.5) is 0 Å². The molecule has 0 amide bonds. The standard InChI is InChI=1S/C6H15ClN2O2S/c1-6(2)4-3-5-9(7)12(8,10)11/h6H,3-5H2,1-2H3,(H2,8,10,11). The molecule has 0 radical (unpaired) electrons. The summed E-state index contributed by atoms with van der Waals surface area (Å²) in [5, 5.41) is 4.76. The molecule has 0 heterocycles. The summed E-state index contributed by atoms with van der Waals surface area (Å²) in [5.41, 5.74) is 0. The Morgan fingerprint density at radius 2 is 2.00 bits per heavy atom. The predicted molar refractivity (Wildman–Crippen MR) is 49.7 cm³/mol. The van der Waals surface area contributed by atoms with Crippen molar-refractivity contribution >= 4 is 22.0 Å². The fraction of sp³-hybridized carbons (Fsp3) is 1.00. The molecule has 0 atom stereocenters. The summed E-state index contributed by atoms with van der Waals surface area (Å²) in [6.45, 7) is 4.41. The molecule has 12 heavy (non-hydrogen) atoms. The van der Waals surface area contributed by atoms with Gasteiger partial charge < -0.3 is 0 Å². The first-order chi connectivity index (χ1) is 5.34. The molecule has 0 saturated carbocycles. The van der Waals surface area contributed by atoms with Gasteiger partial charge in [-0.25, -0.2) is 5.14 Å². The van der Waals surface area contributed by atoms with Crippen LogP contribution in [-0.2, 0) is 10.2 Å². The van der Waals surface area contributed by atoms with E-state index in [0.717, 1.165) is 12.8 Å². The molecule has 0 aromatic carbocycles. The lowest BCUT2D eigenvalue weighted by atomic mass is 10.1. The van der Waals surface area contributed by atoms with E-state index < -0.39 is 10.2 Å². The third-order valence-corrected chi connectivity index (χ3v) is 2.87. The van der Waals surface area contributed by atoms with Crippen molar-refractivity contribution in [2.45, 2.75) is 26.7 Å². The number of rotatable bonds is 5. The maximum atomic E-state index is 10.6. The molecule has 0 aliphatic heterocycles. The molecule has 74 valence electrons. The first-order valence-electron chi connectivity index (χ1n) is 3.80. The lowest BCUT2D eigenvalue weighted by Gasteiger charge is -2.10. The van der Waals surface area contributed by atoms with Crippen molar-refractivity contribution in [2.75, 3.05) is 6.54 Å². The summed E-state index contributed by atoms with van der Waals surface area (Å²) in [4.78, 5) is 0. The minimum atomic E-state index is -3.70. The van der Waals surface area contributed by atoms with Gasteiger partial charge in [-0.2, -0.15) is 8.42 Å². The van der Waals surface area contributed by atoms with E-state index in [2.05, 4.69) is 13.8 Å². The fourth-order valence-corrected chi connectivity index (χ4v) is 1.25. The van der Waals surface area contributed by atoms with Crippen molar-refractivity contribution in [1.82, 2.24) is 3.82 Å². The van der Waals surface area contributed by atoms with Gasteiger partial charge >= 0.3 is 0 Å². The summed E-state index contributed by atoms with van der Waals surface area (Å²) >= 11 is 5.36. The van der Waals surface area contributed by atoms with E-state index in [-0.39, 0.29) is 6.54 Å². The highest BCUT2D eigenvalue weighted by molar-refractivity contribution is 7.87. The minimum absolute atomic E-state index is 0.276. The van der Waals surface area contributed by atoms with Crippen molar-refractivity contribution in [3.63, 3.8) is 0 Å². The Bertz CT molecular complexity index is 216. The quantitative estimate of drug-likeness (QED) is 0.697. The zero-order valence-electron chi connectivity index (χ0n) is 7.33. The Hall–Kier alpha value is 0.160. The molecule has 0 saturated heterocycles. The molecular formula is C6H15ClN2O2S. The van der Waals surface area contributed by atoms with E-state index in [1.165, 1.54) is 0 Å². The number of halogens is 1. The predicted octanol–water partition coefficient (Wildman–Crippen LogP) is 1.08. The van der Waals surface area contributed by atoms with E-state index in [4.69, 9.17) is 16.9 Å². The summed E-state index contributed by atoms with van der Waals surface area (Å²) < 4.78 is 21.8. The number of hydrogen-bond acceptors (Lipinski definition) is 2. The zero-order chi connectivity index (χ0) is 9.78. The van der Waals surface area contributed by atoms with E-state index >= 15 is 0 Å². The summed E-state index contributed by atoms with van der Waals surface area (Å²) in [6, 6.07) is 0. The highest BCUT2D eigenvalue weighted by atomic mass is 35.5. The lowest BCUT2D eigenvalue weighted by Crippen LogP contribution is -2.29. The SMILES string of the molecule is CC(C)CCCN(Cl)S(N)(=O)=O. The number of nitrogens with two attached hydrogens (primary N) is 1. The van der Waals surface area contributed by atoms with Gasteiger partial charge in [0.2, 0.25) is 0 Å². The molecule has 6 heteroatoms. The Balaban J connectivity index is 3.66. The third kappa shape index (κ3) is 5.77. The highest BCUT2D eigenvalue weighted by Crippen LogP contribution is 2.07. The van der Waals surface area contributed by atoms with Crippen LogP contribution in [0.2, 0.25) is 0 Å². The van der Waals surface area contributed by atoms with Crippen molar-refractivity contribution in [1.29, 1.82) is 0 Å².